The summed E-state index contributed by atoms with van der Waals surface area (Å²) in [5, 5.41) is 0.616. The molecular weight excluding hydrogens is 436 g/mol. The van der Waals surface area contributed by atoms with Gasteiger partial charge in [0.2, 0.25) is 5.91 Å². The number of aryl methyl sites for hydroxylation is 1. The van der Waals surface area contributed by atoms with Crippen LogP contribution in [0.15, 0.2) is 66.7 Å². The van der Waals surface area contributed by atoms with E-state index in [-0.39, 0.29) is 23.9 Å². The van der Waals surface area contributed by atoms with Crippen LogP contribution in [0.3, 0.4) is 0 Å². The second-order valence-corrected chi connectivity index (χ2v) is 8.87. The van der Waals surface area contributed by atoms with Gasteiger partial charge in [-0.1, -0.05) is 35.4 Å². The fourth-order valence-corrected chi connectivity index (χ4v) is 4.71. The van der Waals surface area contributed by atoms with Gasteiger partial charge in [-0.3, -0.25) is 9.59 Å². The molecule has 33 heavy (non-hydrogen) atoms. The van der Waals surface area contributed by atoms with Crippen molar-refractivity contribution >= 4 is 34.8 Å². The van der Waals surface area contributed by atoms with Crippen molar-refractivity contribution in [2.45, 2.75) is 39.3 Å². The third-order valence-corrected chi connectivity index (χ3v) is 6.35. The van der Waals surface area contributed by atoms with Crippen LogP contribution in [0.5, 0.6) is 5.75 Å². The van der Waals surface area contributed by atoms with E-state index in [4.69, 9.17) is 16.3 Å². The highest BCUT2D eigenvalue weighted by Crippen LogP contribution is 2.43. The minimum atomic E-state index is -0.206. The molecule has 1 heterocycles. The summed E-state index contributed by atoms with van der Waals surface area (Å²) < 4.78 is 5.31. The van der Waals surface area contributed by atoms with E-state index < -0.39 is 0 Å². The fraction of sp³-hybridized carbons (Fsp3) is 0.259. The molecule has 1 aliphatic rings. The molecule has 0 N–H and O–H groups in total. The topological polar surface area (TPSA) is 49.9 Å². The average molecular weight is 463 g/mol. The molecule has 0 radical (unpaired) electrons. The van der Waals surface area contributed by atoms with Crippen molar-refractivity contribution in [3.8, 4) is 5.75 Å². The molecule has 0 saturated heterocycles. The van der Waals surface area contributed by atoms with Crippen LogP contribution in [0.2, 0.25) is 5.02 Å². The number of fused-ring (bicyclic) bond motifs is 1. The zero-order valence-corrected chi connectivity index (χ0v) is 20.0. The third kappa shape index (κ3) is 4.46. The standard InChI is InChI=1S/C27H27ClN2O3/c1-17-8-13-25-24(14-17)26(30(19(3)31)22-11-9-21(28)10-12-22)15-18(2)29(25)27(32)20-6-5-7-23(16-20)33-4/h5-14,16,18,26H,15H2,1-4H3/t18-,26+/m0/s1. The van der Waals surface area contributed by atoms with E-state index in [0.29, 0.717) is 22.8 Å². The van der Waals surface area contributed by atoms with Crippen LogP contribution in [0.4, 0.5) is 11.4 Å². The molecular formula is C27H27ClN2O3. The van der Waals surface area contributed by atoms with Gasteiger partial charge in [0, 0.05) is 34.9 Å². The van der Waals surface area contributed by atoms with Gasteiger partial charge in [0.1, 0.15) is 5.75 Å². The van der Waals surface area contributed by atoms with Crippen molar-refractivity contribution in [3.05, 3.63) is 88.4 Å². The fourth-order valence-electron chi connectivity index (χ4n) is 4.59. The smallest absolute Gasteiger partial charge is 0.258 e. The molecule has 6 heteroatoms. The molecule has 0 bridgehead atoms. The zero-order chi connectivity index (χ0) is 23.7. The second-order valence-electron chi connectivity index (χ2n) is 8.44. The van der Waals surface area contributed by atoms with Crippen molar-refractivity contribution in [3.63, 3.8) is 0 Å². The third-order valence-electron chi connectivity index (χ3n) is 6.10. The van der Waals surface area contributed by atoms with E-state index in [0.717, 1.165) is 22.5 Å². The molecule has 4 rings (SSSR count). The number of methoxy groups -OCH3 is 1. The van der Waals surface area contributed by atoms with Crippen molar-refractivity contribution in [2.75, 3.05) is 16.9 Å². The number of nitrogens with zero attached hydrogens (tertiary/aromatic N) is 2. The molecule has 0 aromatic heterocycles. The van der Waals surface area contributed by atoms with Crippen LogP contribution < -0.4 is 14.5 Å². The van der Waals surface area contributed by atoms with Crippen LogP contribution >= 0.6 is 11.6 Å². The van der Waals surface area contributed by atoms with Crippen molar-refractivity contribution in [1.29, 1.82) is 0 Å². The lowest BCUT2D eigenvalue weighted by molar-refractivity contribution is -0.117. The van der Waals surface area contributed by atoms with Gasteiger partial charge in [-0.2, -0.15) is 0 Å². The first-order valence-corrected chi connectivity index (χ1v) is 11.3. The number of hydrogen-bond donors (Lipinski definition) is 0. The Morgan fingerprint density at radius 3 is 2.45 bits per heavy atom. The van der Waals surface area contributed by atoms with Gasteiger partial charge in [0.15, 0.2) is 0 Å². The van der Waals surface area contributed by atoms with Crippen LogP contribution in [0.1, 0.15) is 47.8 Å². The zero-order valence-electron chi connectivity index (χ0n) is 19.2. The molecule has 1 aliphatic heterocycles. The predicted octanol–water partition coefficient (Wildman–Crippen LogP) is 6.19. The Labute approximate surface area is 199 Å². The number of ether oxygens (including phenoxy) is 1. The number of rotatable bonds is 4. The summed E-state index contributed by atoms with van der Waals surface area (Å²) in [6.07, 6.45) is 0.606. The predicted molar refractivity (Wildman–Crippen MR) is 132 cm³/mol. The molecule has 2 atom stereocenters. The maximum absolute atomic E-state index is 13.6. The molecule has 3 aromatic carbocycles. The summed E-state index contributed by atoms with van der Waals surface area (Å²) in [5.74, 6) is 0.485. The van der Waals surface area contributed by atoms with E-state index in [2.05, 4.69) is 6.07 Å². The lowest BCUT2D eigenvalue weighted by Gasteiger charge is -2.43. The van der Waals surface area contributed by atoms with E-state index >= 15 is 0 Å². The van der Waals surface area contributed by atoms with Gasteiger partial charge in [0.25, 0.3) is 5.91 Å². The van der Waals surface area contributed by atoms with Crippen molar-refractivity contribution in [2.24, 2.45) is 0 Å². The van der Waals surface area contributed by atoms with Crippen molar-refractivity contribution in [1.82, 2.24) is 0 Å². The number of carbonyl (C=O) groups excluding carboxylic acids is 2. The van der Waals surface area contributed by atoms with Crippen LogP contribution in [-0.2, 0) is 4.79 Å². The highest BCUT2D eigenvalue weighted by molar-refractivity contribution is 6.30. The summed E-state index contributed by atoms with van der Waals surface area (Å²) >= 11 is 6.08. The minimum Gasteiger partial charge on any atom is -0.497 e. The Morgan fingerprint density at radius 2 is 1.79 bits per heavy atom. The molecule has 170 valence electrons. The molecule has 0 fully saturated rings. The van der Waals surface area contributed by atoms with E-state index in [1.165, 1.54) is 0 Å². The van der Waals surface area contributed by atoms with E-state index in [1.807, 2.05) is 55.1 Å². The molecule has 5 nitrogen and oxygen atoms in total. The molecule has 0 spiro atoms. The summed E-state index contributed by atoms with van der Waals surface area (Å²) in [6, 6.07) is 20.2. The van der Waals surface area contributed by atoms with Crippen LogP contribution in [0, 0.1) is 6.92 Å². The Hall–Kier alpha value is -3.31. The van der Waals surface area contributed by atoms with Gasteiger partial charge < -0.3 is 14.5 Å². The van der Waals surface area contributed by atoms with Gasteiger partial charge in [-0.15, -0.1) is 0 Å². The molecule has 2 amide bonds. The lowest BCUT2D eigenvalue weighted by Crippen LogP contribution is -2.47. The highest BCUT2D eigenvalue weighted by atomic mass is 35.5. The number of hydrogen-bond acceptors (Lipinski definition) is 3. The first-order chi connectivity index (χ1) is 15.8. The number of halogens is 1. The number of amides is 2. The first kappa shape index (κ1) is 22.9. The number of anilines is 2. The minimum absolute atomic E-state index is 0.0606. The Balaban J connectivity index is 1.80. The Kier molecular flexibility index (Phi) is 6.43. The average Bonchev–Trinajstić information content (AvgIpc) is 2.80. The lowest BCUT2D eigenvalue weighted by atomic mass is 9.88. The van der Waals surface area contributed by atoms with E-state index in [9.17, 15) is 9.59 Å². The highest BCUT2D eigenvalue weighted by Gasteiger charge is 2.38. The molecule has 0 aliphatic carbocycles. The molecule has 0 unspecified atom stereocenters. The summed E-state index contributed by atoms with van der Waals surface area (Å²) in [7, 11) is 1.59. The normalized spacial score (nSPS) is 17.3. The largest absolute Gasteiger partial charge is 0.497 e. The van der Waals surface area contributed by atoms with Gasteiger partial charge in [-0.05, 0) is 74.4 Å². The Morgan fingerprint density at radius 1 is 1.06 bits per heavy atom. The monoisotopic (exact) mass is 462 g/mol. The molecule has 3 aromatic rings. The van der Waals surface area contributed by atoms with Gasteiger partial charge >= 0.3 is 0 Å². The Bertz CT molecular complexity index is 1190. The number of benzene rings is 3. The SMILES string of the molecule is COc1cccc(C(=O)N2c3ccc(C)cc3[C@H](N(C(C)=O)c3ccc(Cl)cc3)C[C@@H]2C)c1. The van der Waals surface area contributed by atoms with Crippen LogP contribution in [-0.4, -0.2) is 25.0 Å². The maximum Gasteiger partial charge on any atom is 0.258 e. The summed E-state index contributed by atoms with van der Waals surface area (Å²) in [4.78, 5) is 30.1. The van der Waals surface area contributed by atoms with Crippen molar-refractivity contribution < 1.29 is 14.3 Å². The van der Waals surface area contributed by atoms with Crippen LogP contribution in [0.25, 0.3) is 0 Å². The number of carbonyl (C=O) groups is 2. The van der Waals surface area contributed by atoms with Gasteiger partial charge in [0.05, 0.1) is 13.2 Å². The molecule has 0 saturated carbocycles. The summed E-state index contributed by atoms with van der Waals surface area (Å²) in [5.41, 5.74) is 4.19. The quantitative estimate of drug-likeness (QED) is 0.464. The second kappa shape index (κ2) is 9.28. The first-order valence-electron chi connectivity index (χ1n) is 10.9. The van der Waals surface area contributed by atoms with E-state index in [1.54, 1.807) is 43.2 Å². The van der Waals surface area contributed by atoms with Gasteiger partial charge in [-0.25, -0.2) is 0 Å². The summed E-state index contributed by atoms with van der Waals surface area (Å²) in [6.45, 7) is 5.61. The maximum atomic E-state index is 13.6.